The number of hydrogen-bond acceptors (Lipinski definition) is 2. The summed E-state index contributed by atoms with van der Waals surface area (Å²) in [7, 11) is 1.67. The first-order valence-electron chi connectivity index (χ1n) is 6.29. The molecule has 1 unspecified atom stereocenters. The standard InChI is InChI=1S/C16H16ClIO2/c1-19-15-4-2-3-12(9-15)11-20-16(10-18)13-5-7-14(17)8-6-13/h2-9,16H,10-11H2,1H3. The fourth-order valence-corrected chi connectivity index (χ4v) is 2.76. The maximum Gasteiger partial charge on any atom is 0.119 e. The van der Waals surface area contributed by atoms with Crippen LogP contribution in [-0.2, 0) is 11.3 Å². The van der Waals surface area contributed by atoms with E-state index in [1.165, 1.54) is 0 Å². The molecule has 2 aromatic carbocycles. The second-order valence-corrected chi connectivity index (χ2v) is 5.67. The second kappa shape index (κ2) is 7.86. The second-order valence-electron chi connectivity index (χ2n) is 4.36. The van der Waals surface area contributed by atoms with Crippen molar-refractivity contribution in [1.29, 1.82) is 0 Å². The summed E-state index contributed by atoms with van der Waals surface area (Å²) in [6.45, 7) is 0.563. The van der Waals surface area contributed by atoms with Crippen molar-refractivity contribution in [2.45, 2.75) is 12.7 Å². The molecule has 1 atom stereocenters. The zero-order valence-corrected chi connectivity index (χ0v) is 14.1. The van der Waals surface area contributed by atoms with Crippen LogP contribution in [0.3, 0.4) is 0 Å². The van der Waals surface area contributed by atoms with Crippen LogP contribution >= 0.6 is 34.2 Å². The molecule has 0 heterocycles. The fourth-order valence-electron chi connectivity index (χ4n) is 1.87. The third-order valence-corrected chi connectivity index (χ3v) is 4.02. The van der Waals surface area contributed by atoms with Crippen molar-refractivity contribution < 1.29 is 9.47 Å². The number of halogens is 2. The van der Waals surface area contributed by atoms with Gasteiger partial charge in [-0.2, -0.15) is 0 Å². The SMILES string of the molecule is COc1cccc(COC(CI)c2ccc(Cl)cc2)c1. The molecule has 0 radical (unpaired) electrons. The molecule has 0 N–H and O–H groups in total. The lowest BCUT2D eigenvalue weighted by Crippen LogP contribution is -2.06. The summed E-state index contributed by atoms with van der Waals surface area (Å²) in [6.07, 6.45) is 0.0686. The Morgan fingerprint density at radius 2 is 1.90 bits per heavy atom. The molecule has 20 heavy (non-hydrogen) atoms. The molecule has 2 aromatic rings. The Hall–Kier alpha value is -0.780. The van der Waals surface area contributed by atoms with Crippen molar-refractivity contribution in [2.24, 2.45) is 0 Å². The van der Waals surface area contributed by atoms with Crippen molar-refractivity contribution in [3.05, 3.63) is 64.7 Å². The van der Waals surface area contributed by atoms with Crippen LogP contribution in [0.25, 0.3) is 0 Å². The average molecular weight is 403 g/mol. The third kappa shape index (κ3) is 4.36. The summed E-state index contributed by atoms with van der Waals surface area (Å²) in [5.41, 5.74) is 2.25. The van der Waals surface area contributed by atoms with Gasteiger partial charge in [0.25, 0.3) is 0 Å². The van der Waals surface area contributed by atoms with Gasteiger partial charge in [0.1, 0.15) is 5.75 Å². The van der Waals surface area contributed by atoms with E-state index in [0.717, 1.165) is 26.3 Å². The van der Waals surface area contributed by atoms with Crippen LogP contribution < -0.4 is 4.74 Å². The van der Waals surface area contributed by atoms with E-state index >= 15 is 0 Å². The zero-order valence-electron chi connectivity index (χ0n) is 11.2. The van der Waals surface area contributed by atoms with Gasteiger partial charge in [-0.25, -0.2) is 0 Å². The number of hydrogen-bond donors (Lipinski definition) is 0. The van der Waals surface area contributed by atoms with Crippen molar-refractivity contribution >= 4 is 34.2 Å². The first-order valence-corrected chi connectivity index (χ1v) is 8.19. The Labute approximate surface area is 138 Å². The highest BCUT2D eigenvalue weighted by molar-refractivity contribution is 14.1. The quantitative estimate of drug-likeness (QED) is 0.498. The highest BCUT2D eigenvalue weighted by atomic mass is 127. The molecule has 4 heteroatoms. The lowest BCUT2D eigenvalue weighted by atomic mass is 10.1. The minimum absolute atomic E-state index is 0.0686. The minimum atomic E-state index is 0.0686. The Morgan fingerprint density at radius 1 is 1.15 bits per heavy atom. The van der Waals surface area contributed by atoms with Crippen LogP contribution in [-0.4, -0.2) is 11.5 Å². The van der Waals surface area contributed by atoms with Gasteiger partial charge in [0.15, 0.2) is 0 Å². The molecule has 0 saturated heterocycles. The van der Waals surface area contributed by atoms with Gasteiger partial charge in [-0.3, -0.25) is 0 Å². The van der Waals surface area contributed by atoms with Crippen LogP contribution in [0.1, 0.15) is 17.2 Å². The van der Waals surface area contributed by atoms with Crippen LogP contribution in [0.4, 0.5) is 0 Å². The van der Waals surface area contributed by atoms with Gasteiger partial charge >= 0.3 is 0 Å². The highest BCUT2D eigenvalue weighted by Crippen LogP contribution is 2.24. The summed E-state index contributed by atoms with van der Waals surface area (Å²) in [4.78, 5) is 0. The minimum Gasteiger partial charge on any atom is -0.497 e. The Bertz CT molecular complexity index is 542. The van der Waals surface area contributed by atoms with Gasteiger partial charge < -0.3 is 9.47 Å². The summed E-state index contributed by atoms with van der Waals surface area (Å²) in [5, 5.41) is 0.744. The molecule has 0 aliphatic heterocycles. The molecule has 106 valence electrons. The van der Waals surface area contributed by atoms with Crippen LogP contribution in [0.2, 0.25) is 5.02 Å². The summed E-state index contributed by atoms with van der Waals surface area (Å²) >= 11 is 8.25. The lowest BCUT2D eigenvalue weighted by molar-refractivity contribution is 0.0576. The molecule has 0 spiro atoms. The number of alkyl halides is 1. The third-order valence-electron chi connectivity index (χ3n) is 2.97. The van der Waals surface area contributed by atoms with E-state index in [1.54, 1.807) is 7.11 Å². The fraction of sp³-hybridized carbons (Fsp3) is 0.250. The van der Waals surface area contributed by atoms with Crippen LogP contribution in [0.5, 0.6) is 5.75 Å². The maximum atomic E-state index is 6.00. The summed E-state index contributed by atoms with van der Waals surface area (Å²) < 4.78 is 12.1. The topological polar surface area (TPSA) is 18.5 Å². The van der Waals surface area contributed by atoms with Gasteiger partial charge in [0.05, 0.1) is 19.8 Å². The molecule has 0 aliphatic carbocycles. The Kier molecular flexibility index (Phi) is 6.13. The molecule has 0 saturated carbocycles. The van der Waals surface area contributed by atoms with Gasteiger partial charge in [-0.15, -0.1) is 0 Å². The molecular formula is C16H16ClIO2. The van der Waals surface area contributed by atoms with Crippen LogP contribution in [0, 0.1) is 0 Å². The number of rotatable bonds is 6. The predicted molar refractivity (Wildman–Crippen MR) is 90.9 cm³/mol. The first-order chi connectivity index (χ1) is 9.72. The number of ether oxygens (including phenoxy) is 2. The van der Waals surface area contributed by atoms with Gasteiger partial charge in [0.2, 0.25) is 0 Å². The predicted octanol–water partition coefficient (Wildman–Crippen LogP) is 5.04. The molecule has 0 fully saturated rings. The molecule has 2 nitrogen and oxygen atoms in total. The molecule has 0 amide bonds. The number of methoxy groups -OCH3 is 1. The lowest BCUT2D eigenvalue weighted by Gasteiger charge is -2.16. The van der Waals surface area contributed by atoms with E-state index in [9.17, 15) is 0 Å². The molecule has 0 aromatic heterocycles. The normalized spacial score (nSPS) is 12.2. The smallest absolute Gasteiger partial charge is 0.119 e. The van der Waals surface area contributed by atoms with Crippen molar-refractivity contribution in [3.8, 4) is 5.75 Å². The highest BCUT2D eigenvalue weighted by Gasteiger charge is 2.10. The van der Waals surface area contributed by atoms with E-state index < -0.39 is 0 Å². The van der Waals surface area contributed by atoms with Gasteiger partial charge in [-0.1, -0.05) is 58.5 Å². The molecular weight excluding hydrogens is 387 g/mol. The van der Waals surface area contributed by atoms with Crippen LogP contribution in [0.15, 0.2) is 48.5 Å². The largest absolute Gasteiger partial charge is 0.497 e. The summed E-state index contributed by atoms with van der Waals surface area (Å²) in [5.74, 6) is 0.851. The van der Waals surface area contributed by atoms with E-state index in [-0.39, 0.29) is 6.10 Å². The van der Waals surface area contributed by atoms with E-state index in [0.29, 0.717) is 6.61 Å². The monoisotopic (exact) mass is 402 g/mol. The molecule has 2 rings (SSSR count). The van der Waals surface area contributed by atoms with Crippen molar-refractivity contribution in [1.82, 2.24) is 0 Å². The first kappa shape index (κ1) is 15.6. The average Bonchev–Trinajstić information content (AvgIpc) is 2.50. The molecule has 0 bridgehead atoms. The Morgan fingerprint density at radius 3 is 2.55 bits per heavy atom. The summed E-state index contributed by atoms with van der Waals surface area (Å²) in [6, 6.07) is 15.7. The van der Waals surface area contributed by atoms with Crippen molar-refractivity contribution in [3.63, 3.8) is 0 Å². The Balaban J connectivity index is 2.01. The zero-order chi connectivity index (χ0) is 14.4. The van der Waals surface area contributed by atoms with Crippen molar-refractivity contribution in [2.75, 3.05) is 11.5 Å². The van der Waals surface area contributed by atoms with E-state index in [1.807, 2.05) is 48.5 Å². The van der Waals surface area contributed by atoms with E-state index in [4.69, 9.17) is 21.1 Å². The van der Waals surface area contributed by atoms with Gasteiger partial charge in [-0.05, 0) is 35.4 Å². The van der Waals surface area contributed by atoms with E-state index in [2.05, 4.69) is 22.6 Å². The molecule has 0 aliphatic rings. The number of benzene rings is 2. The maximum absolute atomic E-state index is 6.00. The van der Waals surface area contributed by atoms with Gasteiger partial charge in [0, 0.05) is 9.45 Å².